The van der Waals surface area contributed by atoms with Crippen molar-refractivity contribution in [3.63, 3.8) is 0 Å². The van der Waals surface area contributed by atoms with Crippen molar-refractivity contribution in [3.05, 3.63) is 16.1 Å². The van der Waals surface area contributed by atoms with Crippen LogP contribution in [0.4, 0.5) is 0 Å². The summed E-state index contributed by atoms with van der Waals surface area (Å²) in [5.41, 5.74) is 6.07. The maximum absolute atomic E-state index is 11.3. The zero-order valence-electron chi connectivity index (χ0n) is 9.28. The van der Waals surface area contributed by atoms with Gasteiger partial charge in [0.25, 0.3) is 0 Å². The number of aromatic nitrogens is 1. The summed E-state index contributed by atoms with van der Waals surface area (Å²) in [6.07, 6.45) is 0.951. The molecule has 0 aliphatic carbocycles. The van der Waals surface area contributed by atoms with E-state index in [1.165, 1.54) is 11.3 Å². The largest absolute Gasteiger partial charge is 0.368 e. The van der Waals surface area contributed by atoms with Crippen LogP contribution in [0.5, 0.6) is 0 Å². The van der Waals surface area contributed by atoms with Crippen LogP contribution in [0.25, 0.3) is 0 Å². The Bertz CT molecular complexity index is 337. The van der Waals surface area contributed by atoms with E-state index in [0.717, 1.165) is 17.1 Å². The summed E-state index contributed by atoms with van der Waals surface area (Å²) in [4.78, 5) is 15.6. The van der Waals surface area contributed by atoms with Crippen molar-refractivity contribution >= 4 is 17.2 Å². The quantitative estimate of drug-likeness (QED) is 0.798. The standard InChI is InChI=1S/C10H17N3OS/c1-4-6(2)12-9(10(11)14)8-5-15-7(3)13-8/h5-6,9,12H,4H2,1-3H3,(H2,11,14). The van der Waals surface area contributed by atoms with E-state index in [2.05, 4.69) is 17.2 Å². The van der Waals surface area contributed by atoms with Crippen molar-refractivity contribution in [1.29, 1.82) is 0 Å². The third kappa shape index (κ3) is 3.28. The molecule has 0 aromatic carbocycles. The summed E-state index contributed by atoms with van der Waals surface area (Å²) in [5.74, 6) is -0.374. The van der Waals surface area contributed by atoms with Crippen LogP contribution in [0.15, 0.2) is 5.38 Å². The second-order valence-electron chi connectivity index (χ2n) is 3.60. The van der Waals surface area contributed by atoms with Crippen LogP contribution in [0, 0.1) is 6.92 Å². The smallest absolute Gasteiger partial charge is 0.240 e. The van der Waals surface area contributed by atoms with Crippen molar-refractivity contribution in [2.45, 2.75) is 39.3 Å². The van der Waals surface area contributed by atoms with Crippen LogP contribution in [-0.4, -0.2) is 16.9 Å². The van der Waals surface area contributed by atoms with Gasteiger partial charge >= 0.3 is 0 Å². The van der Waals surface area contributed by atoms with Crippen LogP contribution in [0.1, 0.15) is 37.0 Å². The van der Waals surface area contributed by atoms with E-state index >= 15 is 0 Å². The fourth-order valence-electron chi connectivity index (χ4n) is 1.23. The number of carbonyl (C=O) groups excluding carboxylic acids is 1. The van der Waals surface area contributed by atoms with Crippen LogP contribution < -0.4 is 11.1 Å². The maximum atomic E-state index is 11.3. The minimum atomic E-state index is -0.468. The summed E-state index contributed by atoms with van der Waals surface area (Å²) in [6, 6.07) is -0.214. The molecule has 0 saturated carbocycles. The Morgan fingerprint density at radius 3 is 2.80 bits per heavy atom. The molecule has 0 radical (unpaired) electrons. The van der Waals surface area contributed by atoms with Gasteiger partial charge in [-0.25, -0.2) is 4.98 Å². The lowest BCUT2D eigenvalue weighted by atomic mass is 10.1. The van der Waals surface area contributed by atoms with Gasteiger partial charge in [-0.05, 0) is 20.3 Å². The van der Waals surface area contributed by atoms with Gasteiger partial charge in [0.1, 0.15) is 6.04 Å². The average molecular weight is 227 g/mol. The van der Waals surface area contributed by atoms with E-state index in [9.17, 15) is 4.79 Å². The third-order valence-electron chi connectivity index (χ3n) is 2.28. The Morgan fingerprint density at radius 2 is 2.40 bits per heavy atom. The number of nitrogens with zero attached hydrogens (tertiary/aromatic N) is 1. The van der Waals surface area contributed by atoms with Crippen LogP contribution >= 0.6 is 11.3 Å². The molecule has 2 atom stereocenters. The van der Waals surface area contributed by atoms with Gasteiger partial charge in [0.15, 0.2) is 0 Å². The summed E-state index contributed by atoms with van der Waals surface area (Å²) >= 11 is 1.53. The molecule has 0 aliphatic heterocycles. The number of rotatable bonds is 5. The Hall–Kier alpha value is -0.940. The van der Waals surface area contributed by atoms with E-state index in [-0.39, 0.29) is 11.9 Å². The van der Waals surface area contributed by atoms with Gasteiger partial charge in [-0.1, -0.05) is 6.92 Å². The second kappa shape index (κ2) is 5.23. The lowest BCUT2D eigenvalue weighted by Gasteiger charge is -2.18. The summed E-state index contributed by atoms with van der Waals surface area (Å²) in [7, 11) is 0. The summed E-state index contributed by atoms with van der Waals surface area (Å²) in [6.45, 7) is 5.99. The highest BCUT2D eigenvalue weighted by molar-refractivity contribution is 7.09. The number of aryl methyl sites for hydroxylation is 1. The highest BCUT2D eigenvalue weighted by Crippen LogP contribution is 2.16. The molecular weight excluding hydrogens is 210 g/mol. The molecule has 0 spiro atoms. The predicted octanol–water partition coefficient (Wildman–Crippen LogP) is 1.37. The number of amides is 1. The molecule has 3 N–H and O–H groups in total. The fraction of sp³-hybridized carbons (Fsp3) is 0.600. The minimum Gasteiger partial charge on any atom is -0.368 e. The zero-order chi connectivity index (χ0) is 11.4. The highest BCUT2D eigenvalue weighted by Gasteiger charge is 2.21. The second-order valence-corrected chi connectivity index (χ2v) is 4.66. The molecule has 0 bridgehead atoms. The molecular formula is C10H17N3OS. The van der Waals surface area contributed by atoms with Crippen LogP contribution in [0.3, 0.4) is 0 Å². The SMILES string of the molecule is CCC(C)NC(C(N)=O)c1csc(C)n1. The van der Waals surface area contributed by atoms with E-state index in [1.807, 2.05) is 19.2 Å². The number of hydrogen-bond donors (Lipinski definition) is 2. The Kier molecular flexibility index (Phi) is 4.23. The normalized spacial score (nSPS) is 14.9. The number of hydrogen-bond acceptors (Lipinski definition) is 4. The Morgan fingerprint density at radius 1 is 1.73 bits per heavy atom. The van der Waals surface area contributed by atoms with Crippen molar-refractivity contribution in [1.82, 2.24) is 10.3 Å². The Labute approximate surface area is 93.9 Å². The number of thiazole rings is 1. The van der Waals surface area contributed by atoms with Gasteiger partial charge in [-0.2, -0.15) is 0 Å². The van der Waals surface area contributed by atoms with Crippen LogP contribution in [-0.2, 0) is 4.79 Å². The van der Waals surface area contributed by atoms with Gasteiger partial charge in [0.2, 0.25) is 5.91 Å². The van der Waals surface area contributed by atoms with Gasteiger partial charge in [-0.3, -0.25) is 10.1 Å². The maximum Gasteiger partial charge on any atom is 0.240 e. The number of nitrogens with two attached hydrogens (primary N) is 1. The molecule has 2 unspecified atom stereocenters. The topological polar surface area (TPSA) is 68.0 Å². The molecule has 4 nitrogen and oxygen atoms in total. The highest BCUT2D eigenvalue weighted by atomic mass is 32.1. The molecule has 0 aliphatic rings. The minimum absolute atomic E-state index is 0.254. The van der Waals surface area contributed by atoms with E-state index in [0.29, 0.717) is 0 Å². The molecule has 5 heteroatoms. The molecule has 1 rings (SSSR count). The van der Waals surface area contributed by atoms with E-state index in [4.69, 9.17) is 5.73 Å². The summed E-state index contributed by atoms with van der Waals surface area (Å²) < 4.78 is 0. The van der Waals surface area contributed by atoms with E-state index in [1.54, 1.807) is 0 Å². The van der Waals surface area contributed by atoms with Crippen molar-refractivity contribution < 1.29 is 4.79 Å². The first kappa shape index (κ1) is 12.1. The van der Waals surface area contributed by atoms with Crippen LogP contribution in [0.2, 0.25) is 0 Å². The fourth-order valence-corrected chi connectivity index (χ4v) is 1.87. The molecule has 15 heavy (non-hydrogen) atoms. The van der Waals surface area contributed by atoms with E-state index < -0.39 is 6.04 Å². The van der Waals surface area contributed by atoms with Crippen molar-refractivity contribution in [2.75, 3.05) is 0 Å². The average Bonchev–Trinajstić information content (AvgIpc) is 2.60. The van der Waals surface area contributed by atoms with Gasteiger partial charge in [0.05, 0.1) is 10.7 Å². The van der Waals surface area contributed by atoms with Crippen molar-refractivity contribution in [3.8, 4) is 0 Å². The predicted molar refractivity (Wildman–Crippen MR) is 61.7 cm³/mol. The third-order valence-corrected chi connectivity index (χ3v) is 3.07. The van der Waals surface area contributed by atoms with Gasteiger partial charge in [0, 0.05) is 11.4 Å². The number of primary amides is 1. The number of carbonyl (C=O) groups is 1. The molecule has 1 aromatic rings. The van der Waals surface area contributed by atoms with Gasteiger partial charge in [-0.15, -0.1) is 11.3 Å². The first-order valence-electron chi connectivity index (χ1n) is 5.02. The Balaban J connectivity index is 2.79. The molecule has 0 fully saturated rings. The first-order chi connectivity index (χ1) is 7.04. The molecule has 1 amide bonds. The molecule has 84 valence electrons. The molecule has 0 saturated heterocycles. The lowest BCUT2D eigenvalue weighted by molar-refractivity contribution is -0.120. The molecule has 1 aromatic heterocycles. The monoisotopic (exact) mass is 227 g/mol. The summed E-state index contributed by atoms with van der Waals surface area (Å²) in [5, 5.41) is 5.99. The van der Waals surface area contributed by atoms with Gasteiger partial charge < -0.3 is 5.73 Å². The lowest BCUT2D eigenvalue weighted by Crippen LogP contribution is -2.38. The molecule has 1 heterocycles. The zero-order valence-corrected chi connectivity index (χ0v) is 10.1. The number of nitrogens with one attached hydrogen (secondary N) is 1. The van der Waals surface area contributed by atoms with Crippen molar-refractivity contribution in [2.24, 2.45) is 5.73 Å². The first-order valence-corrected chi connectivity index (χ1v) is 5.90.